The molecule has 0 aliphatic heterocycles. The van der Waals surface area contributed by atoms with Crippen molar-refractivity contribution in [3.05, 3.63) is 30.1 Å². The molecule has 0 bridgehead atoms. The van der Waals surface area contributed by atoms with Gasteiger partial charge in [-0.15, -0.1) is 0 Å². The lowest BCUT2D eigenvalue weighted by molar-refractivity contribution is -0.150. The van der Waals surface area contributed by atoms with Crippen LogP contribution in [0.3, 0.4) is 0 Å². The molecule has 0 unspecified atom stereocenters. The molecule has 1 aromatic rings. The Hall–Kier alpha value is -2.11. The first kappa shape index (κ1) is 17.7. The van der Waals surface area contributed by atoms with Gasteiger partial charge < -0.3 is 15.4 Å². The molecule has 5 nitrogen and oxygen atoms in total. The summed E-state index contributed by atoms with van der Waals surface area (Å²) in [5, 5.41) is 5.88. The van der Waals surface area contributed by atoms with Crippen LogP contribution in [0.4, 0.5) is 4.39 Å². The van der Waals surface area contributed by atoms with Gasteiger partial charge in [0, 0.05) is 6.04 Å². The summed E-state index contributed by atoms with van der Waals surface area (Å²) in [7, 11) is 0. The number of carbonyl (C=O) groups is 2. The van der Waals surface area contributed by atoms with Crippen molar-refractivity contribution in [1.29, 1.82) is 0 Å². The van der Waals surface area contributed by atoms with Crippen molar-refractivity contribution in [2.24, 2.45) is 5.41 Å². The van der Waals surface area contributed by atoms with E-state index in [-0.39, 0.29) is 36.3 Å². The number of nitrogens with one attached hydrogen (secondary N) is 2. The summed E-state index contributed by atoms with van der Waals surface area (Å²) in [6, 6.07) is 6.16. The van der Waals surface area contributed by atoms with Crippen LogP contribution < -0.4 is 15.4 Å². The number of hydrogen-bond acceptors (Lipinski definition) is 3. The van der Waals surface area contributed by atoms with Gasteiger partial charge in [0.1, 0.15) is 12.0 Å². The van der Waals surface area contributed by atoms with Crippen LogP contribution in [0.25, 0.3) is 0 Å². The predicted molar refractivity (Wildman–Crippen MR) is 91.6 cm³/mol. The number of hydrogen-bond donors (Lipinski definition) is 2. The highest BCUT2D eigenvalue weighted by Crippen LogP contribution is 2.42. The van der Waals surface area contributed by atoms with Gasteiger partial charge in [-0.25, -0.2) is 4.39 Å². The first-order chi connectivity index (χ1) is 12.0. The zero-order valence-corrected chi connectivity index (χ0v) is 14.5. The Morgan fingerprint density at radius 1 is 1.28 bits per heavy atom. The number of amides is 2. The molecular weight excluding hydrogens is 323 g/mol. The van der Waals surface area contributed by atoms with Gasteiger partial charge in [0.05, 0.1) is 6.04 Å². The van der Waals surface area contributed by atoms with Crippen LogP contribution in [-0.4, -0.2) is 30.5 Å². The molecule has 0 saturated heterocycles. The smallest absolute Gasteiger partial charge is 0.236 e. The van der Waals surface area contributed by atoms with Crippen LogP contribution in [-0.2, 0) is 9.59 Å². The number of halogens is 1. The van der Waals surface area contributed by atoms with Crippen LogP contribution >= 0.6 is 0 Å². The van der Waals surface area contributed by atoms with Crippen molar-refractivity contribution in [2.45, 2.75) is 57.5 Å². The molecule has 2 amide bonds. The molecule has 6 heteroatoms. The maximum Gasteiger partial charge on any atom is 0.236 e. The number of carbonyl (C=O) groups excluding carboxylic acids is 2. The van der Waals surface area contributed by atoms with E-state index in [1.54, 1.807) is 18.2 Å². The normalized spacial score (nSPS) is 19.4. The van der Waals surface area contributed by atoms with Gasteiger partial charge >= 0.3 is 0 Å². The SMILES string of the molecule is CC[C@H](COc1ccccc1F)NC(=O)C1(C(=O)NC2CC2)CCC1. The molecule has 1 aromatic carbocycles. The van der Waals surface area contributed by atoms with E-state index in [1.165, 1.54) is 6.07 Å². The van der Waals surface area contributed by atoms with Gasteiger partial charge in [-0.3, -0.25) is 9.59 Å². The van der Waals surface area contributed by atoms with E-state index in [2.05, 4.69) is 10.6 Å². The molecular formula is C19H25FN2O3. The Labute approximate surface area is 147 Å². The molecule has 0 heterocycles. The van der Waals surface area contributed by atoms with E-state index >= 15 is 0 Å². The molecule has 0 aromatic heterocycles. The number of rotatable bonds is 8. The van der Waals surface area contributed by atoms with Crippen molar-refractivity contribution in [1.82, 2.24) is 10.6 Å². The summed E-state index contributed by atoms with van der Waals surface area (Å²) in [5.74, 6) is -0.646. The van der Waals surface area contributed by atoms with E-state index in [0.717, 1.165) is 19.3 Å². The minimum Gasteiger partial charge on any atom is -0.488 e. The maximum absolute atomic E-state index is 13.6. The van der Waals surface area contributed by atoms with Gasteiger partial charge in [-0.05, 0) is 44.2 Å². The quantitative estimate of drug-likeness (QED) is 0.710. The highest BCUT2D eigenvalue weighted by atomic mass is 19.1. The predicted octanol–water partition coefficient (Wildman–Crippen LogP) is 2.55. The fourth-order valence-corrected chi connectivity index (χ4v) is 2.98. The molecule has 2 aliphatic carbocycles. The number of benzene rings is 1. The molecule has 0 spiro atoms. The lowest BCUT2D eigenvalue weighted by atomic mass is 9.67. The topological polar surface area (TPSA) is 67.4 Å². The molecule has 3 rings (SSSR count). The van der Waals surface area contributed by atoms with E-state index in [1.807, 2.05) is 6.92 Å². The third-order valence-corrected chi connectivity index (χ3v) is 5.09. The summed E-state index contributed by atoms with van der Waals surface area (Å²) in [6.07, 6.45) is 4.69. The Bertz CT molecular complexity index is 641. The summed E-state index contributed by atoms with van der Waals surface area (Å²) in [4.78, 5) is 25.2. The van der Waals surface area contributed by atoms with E-state index in [9.17, 15) is 14.0 Å². The second-order valence-electron chi connectivity index (χ2n) is 7.00. The summed E-state index contributed by atoms with van der Waals surface area (Å²) >= 11 is 0. The molecule has 0 radical (unpaired) electrons. The van der Waals surface area contributed by atoms with E-state index < -0.39 is 11.2 Å². The molecule has 136 valence electrons. The van der Waals surface area contributed by atoms with Crippen LogP contribution in [0.15, 0.2) is 24.3 Å². The molecule has 2 N–H and O–H groups in total. The first-order valence-electron chi connectivity index (χ1n) is 9.04. The molecule has 2 saturated carbocycles. The Kier molecular flexibility index (Phi) is 5.25. The summed E-state index contributed by atoms with van der Waals surface area (Å²) < 4.78 is 19.1. The fourth-order valence-electron chi connectivity index (χ4n) is 2.98. The third kappa shape index (κ3) is 3.94. The summed E-state index contributed by atoms with van der Waals surface area (Å²) in [5.41, 5.74) is -0.937. The van der Waals surface area contributed by atoms with E-state index in [0.29, 0.717) is 19.3 Å². The zero-order chi connectivity index (χ0) is 17.9. The van der Waals surface area contributed by atoms with Gasteiger partial charge in [0.15, 0.2) is 11.6 Å². The Balaban J connectivity index is 1.57. The summed E-state index contributed by atoms with van der Waals surface area (Å²) in [6.45, 7) is 2.09. The van der Waals surface area contributed by atoms with Crippen molar-refractivity contribution < 1.29 is 18.7 Å². The number of ether oxygens (including phenoxy) is 1. The zero-order valence-electron chi connectivity index (χ0n) is 14.5. The lowest BCUT2D eigenvalue weighted by Gasteiger charge is -2.39. The second-order valence-corrected chi connectivity index (χ2v) is 7.00. The van der Waals surface area contributed by atoms with Crippen molar-refractivity contribution in [3.8, 4) is 5.75 Å². The molecule has 2 aliphatic rings. The standard InChI is InChI=1S/C19H25FN2O3/c1-2-13(12-25-16-7-4-3-6-15(16)20)21-17(23)19(10-5-11-19)18(24)22-14-8-9-14/h3-4,6-7,13-14H,2,5,8-12H2,1H3,(H,21,23)(H,22,24)/t13-/m1/s1. The second kappa shape index (κ2) is 7.42. The van der Waals surface area contributed by atoms with Crippen molar-refractivity contribution >= 4 is 11.8 Å². The lowest BCUT2D eigenvalue weighted by Crippen LogP contribution is -2.57. The van der Waals surface area contributed by atoms with Crippen molar-refractivity contribution in [3.63, 3.8) is 0 Å². The van der Waals surface area contributed by atoms with Crippen LogP contribution in [0.2, 0.25) is 0 Å². The van der Waals surface area contributed by atoms with E-state index in [4.69, 9.17) is 4.74 Å². The van der Waals surface area contributed by atoms with Gasteiger partial charge in [0.2, 0.25) is 11.8 Å². The Morgan fingerprint density at radius 2 is 2.00 bits per heavy atom. The van der Waals surface area contributed by atoms with Crippen LogP contribution in [0, 0.1) is 11.2 Å². The van der Waals surface area contributed by atoms with Crippen molar-refractivity contribution in [2.75, 3.05) is 6.61 Å². The van der Waals surface area contributed by atoms with Gasteiger partial charge in [-0.2, -0.15) is 0 Å². The van der Waals surface area contributed by atoms with Crippen LogP contribution in [0.5, 0.6) is 5.75 Å². The molecule has 1 atom stereocenters. The minimum atomic E-state index is -0.937. The minimum absolute atomic E-state index is 0.149. The van der Waals surface area contributed by atoms with Crippen LogP contribution in [0.1, 0.15) is 45.4 Å². The first-order valence-corrected chi connectivity index (χ1v) is 9.04. The molecule has 2 fully saturated rings. The average molecular weight is 348 g/mol. The maximum atomic E-state index is 13.6. The number of para-hydroxylation sites is 1. The largest absolute Gasteiger partial charge is 0.488 e. The monoisotopic (exact) mass is 348 g/mol. The third-order valence-electron chi connectivity index (χ3n) is 5.09. The average Bonchev–Trinajstić information content (AvgIpc) is 3.35. The highest BCUT2D eigenvalue weighted by molar-refractivity contribution is 6.06. The highest BCUT2D eigenvalue weighted by Gasteiger charge is 2.52. The Morgan fingerprint density at radius 3 is 2.56 bits per heavy atom. The molecule has 25 heavy (non-hydrogen) atoms. The van der Waals surface area contributed by atoms with Gasteiger partial charge in [-0.1, -0.05) is 25.5 Å². The fraction of sp³-hybridized carbons (Fsp3) is 0.579. The van der Waals surface area contributed by atoms with Gasteiger partial charge in [0.25, 0.3) is 0 Å².